The van der Waals surface area contributed by atoms with Crippen LogP contribution in [0.15, 0.2) is 30.5 Å². The summed E-state index contributed by atoms with van der Waals surface area (Å²) in [5, 5.41) is 2.45. The quantitative estimate of drug-likeness (QED) is 0.874. The smallest absolute Gasteiger partial charge is 0.257 e. The number of rotatable bonds is 2. The molecule has 19 heavy (non-hydrogen) atoms. The number of amides is 1. The van der Waals surface area contributed by atoms with Crippen molar-refractivity contribution in [2.45, 2.75) is 6.92 Å². The maximum atomic E-state index is 13.0. The van der Waals surface area contributed by atoms with Crippen molar-refractivity contribution in [3.05, 3.63) is 53.4 Å². The third-order valence-corrected chi connectivity index (χ3v) is 2.53. The maximum absolute atomic E-state index is 13.0. The third-order valence-electron chi connectivity index (χ3n) is 2.53. The van der Waals surface area contributed by atoms with Crippen molar-refractivity contribution >= 4 is 17.3 Å². The van der Waals surface area contributed by atoms with E-state index in [2.05, 4.69) is 10.3 Å². The van der Waals surface area contributed by atoms with Crippen molar-refractivity contribution in [1.29, 1.82) is 0 Å². The monoisotopic (exact) mass is 263 g/mol. The Balaban J connectivity index is 2.25. The Morgan fingerprint density at radius 3 is 2.68 bits per heavy atom. The minimum Gasteiger partial charge on any atom is -0.397 e. The predicted molar refractivity (Wildman–Crippen MR) is 67.7 cm³/mol. The second-order valence-electron chi connectivity index (χ2n) is 3.98. The minimum atomic E-state index is -1.03. The Hall–Kier alpha value is -2.50. The molecular weight excluding hydrogens is 252 g/mol. The Morgan fingerprint density at radius 2 is 2.00 bits per heavy atom. The number of halogens is 2. The predicted octanol–water partition coefficient (Wildman–Crippen LogP) is 2.50. The van der Waals surface area contributed by atoms with Gasteiger partial charge < -0.3 is 11.1 Å². The van der Waals surface area contributed by atoms with Crippen LogP contribution in [-0.4, -0.2) is 10.9 Å². The molecule has 0 bridgehead atoms. The van der Waals surface area contributed by atoms with Crippen LogP contribution in [0.25, 0.3) is 0 Å². The van der Waals surface area contributed by atoms with E-state index in [1.807, 2.05) is 0 Å². The van der Waals surface area contributed by atoms with Gasteiger partial charge in [-0.2, -0.15) is 0 Å². The summed E-state index contributed by atoms with van der Waals surface area (Å²) in [5.74, 6) is -2.48. The summed E-state index contributed by atoms with van der Waals surface area (Å²) >= 11 is 0. The van der Waals surface area contributed by atoms with Gasteiger partial charge in [-0.25, -0.2) is 8.78 Å². The van der Waals surface area contributed by atoms with Gasteiger partial charge in [0.05, 0.1) is 23.1 Å². The number of benzene rings is 1. The molecule has 0 unspecified atom stereocenters. The number of nitrogens with two attached hydrogens (primary N) is 1. The molecule has 0 aliphatic heterocycles. The minimum absolute atomic E-state index is 0.158. The van der Waals surface area contributed by atoms with E-state index >= 15 is 0 Å². The standard InChI is InChI=1S/C13H11F2N3O/c1-7-10(4-8(16)6-17-7)13(19)18-9-2-3-11(14)12(15)5-9/h2-6H,16H2,1H3,(H,18,19). The van der Waals surface area contributed by atoms with E-state index in [0.29, 0.717) is 11.4 Å². The summed E-state index contributed by atoms with van der Waals surface area (Å²) in [5.41, 5.74) is 6.83. The first kappa shape index (κ1) is 12.9. The molecule has 0 saturated heterocycles. The van der Waals surface area contributed by atoms with Crippen molar-refractivity contribution < 1.29 is 13.6 Å². The SMILES string of the molecule is Cc1ncc(N)cc1C(=O)Nc1ccc(F)c(F)c1. The molecule has 98 valence electrons. The Bertz CT molecular complexity index is 644. The third kappa shape index (κ3) is 2.85. The molecule has 3 N–H and O–H groups in total. The zero-order chi connectivity index (χ0) is 14.0. The van der Waals surface area contributed by atoms with E-state index in [1.54, 1.807) is 6.92 Å². The zero-order valence-electron chi connectivity index (χ0n) is 10.1. The second-order valence-corrected chi connectivity index (χ2v) is 3.98. The maximum Gasteiger partial charge on any atom is 0.257 e. The van der Waals surface area contributed by atoms with Gasteiger partial charge in [0.15, 0.2) is 11.6 Å². The van der Waals surface area contributed by atoms with Gasteiger partial charge in [0.2, 0.25) is 0 Å². The number of carbonyl (C=O) groups excluding carboxylic acids is 1. The highest BCUT2D eigenvalue weighted by molar-refractivity contribution is 6.05. The van der Waals surface area contributed by atoms with E-state index < -0.39 is 17.5 Å². The average molecular weight is 263 g/mol. The number of aromatic nitrogens is 1. The van der Waals surface area contributed by atoms with Crippen LogP contribution in [0.3, 0.4) is 0 Å². The van der Waals surface area contributed by atoms with Gasteiger partial charge >= 0.3 is 0 Å². The Kier molecular flexibility index (Phi) is 3.41. The lowest BCUT2D eigenvalue weighted by Gasteiger charge is -2.08. The van der Waals surface area contributed by atoms with Crippen LogP contribution < -0.4 is 11.1 Å². The van der Waals surface area contributed by atoms with Crippen LogP contribution >= 0.6 is 0 Å². The topological polar surface area (TPSA) is 68.0 Å². The van der Waals surface area contributed by atoms with E-state index in [1.165, 1.54) is 18.3 Å². The number of hydrogen-bond donors (Lipinski definition) is 2. The number of nitrogens with one attached hydrogen (secondary N) is 1. The number of hydrogen-bond acceptors (Lipinski definition) is 3. The number of nitrogen functional groups attached to an aromatic ring is 1. The summed E-state index contributed by atoms with van der Waals surface area (Å²) in [6.45, 7) is 1.65. The van der Waals surface area contributed by atoms with Crippen molar-refractivity contribution in [3.63, 3.8) is 0 Å². The summed E-state index contributed by atoms with van der Waals surface area (Å²) < 4.78 is 25.8. The van der Waals surface area contributed by atoms with Crippen LogP contribution in [0.4, 0.5) is 20.2 Å². The molecule has 2 rings (SSSR count). The van der Waals surface area contributed by atoms with E-state index in [0.717, 1.165) is 12.1 Å². The van der Waals surface area contributed by atoms with Crippen LogP contribution in [-0.2, 0) is 0 Å². The Labute approximate surface area is 108 Å². The van der Waals surface area contributed by atoms with Gasteiger partial charge in [-0.05, 0) is 25.1 Å². The first-order valence-electron chi connectivity index (χ1n) is 5.46. The van der Waals surface area contributed by atoms with Gasteiger partial charge in [-0.15, -0.1) is 0 Å². The highest BCUT2D eigenvalue weighted by Gasteiger charge is 2.12. The van der Waals surface area contributed by atoms with Gasteiger partial charge in [0.1, 0.15) is 0 Å². The highest BCUT2D eigenvalue weighted by Crippen LogP contribution is 2.16. The molecule has 0 aliphatic rings. The number of carbonyl (C=O) groups is 1. The van der Waals surface area contributed by atoms with Crippen molar-refractivity contribution in [2.75, 3.05) is 11.1 Å². The zero-order valence-corrected chi connectivity index (χ0v) is 10.1. The molecular formula is C13H11F2N3O. The van der Waals surface area contributed by atoms with Crippen LogP contribution in [0, 0.1) is 18.6 Å². The lowest BCUT2D eigenvalue weighted by molar-refractivity contribution is 0.102. The number of nitrogens with zero attached hydrogens (tertiary/aromatic N) is 1. The van der Waals surface area contributed by atoms with Crippen molar-refractivity contribution in [1.82, 2.24) is 4.98 Å². The number of aryl methyl sites for hydroxylation is 1. The highest BCUT2D eigenvalue weighted by atomic mass is 19.2. The molecule has 0 aliphatic carbocycles. The van der Waals surface area contributed by atoms with Gasteiger partial charge in [0.25, 0.3) is 5.91 Å². The molecule has 4 nitrogen and oxygen atoms in total. The summed E-state index contributed by atoms with van der Waals surface area (Å²) in [6, 6.07) is 4.58. The average Bonchev–Trinajstić information content (AvgIpc) is 2.36. The summed E-state index contributed by atoms with van der Waals surface area (Å²) in [7, 11) is 0. The number of pyridine rings is 1. The summed E-state index contributed by atoms with van der Waals surface area (Å²) in [6.07, 6.45) is 1.43. The lowest BCUT2D eigenvalue weighted by atomic mass is 10.1. The molecule has 0 saturated carbocycles. The van der Waals surface area contributed by atoms with Crippen molar-refractivity contribution in [2.24, 2.45) is 0 Å². The fourth-order valence-corrected chi connectivity index (χ4v) is 1.55. The molecule has 0 fully saturated rings. The molecule has 1 heterocycles. The normalized spacial score (nSPS) is 10.3. The molecule has 1 aromatic carbocycles. The summed E-state index contributed by atoms with van der Waals surface area (Å²) in [4.78, 5) is 15.9. The molecule has 0 atom stereocenters. The Morgan fingerprint density at radius 1 is 1.26 bits per heavy atom. The van der Waals surface area contributed by atoms with Gasteiger partial charge in [-0.3, -0.25) is 9.78 Å². The number of anilines is 2. The molecule has 0 spiro atoms. The van der Waals surface area contributed by atoms with Crippen LogP contribution in [0.2, 0.25) is 0 Å². The lowest BCUT2D eigenvalue weighted by Crippen LogP contribution is -2.14. The van der Waals surface area contributed by atoms with Crippen LogP contribution in [0.5, 0.6) is 0 Å². The fourth-order valence-electron chi connectivity index (χ4n) is 1.55. The van der Waals surface area contributed by atoms with Crippen LogP contribution in [0.1, 0.15) is 16.1 Å². The molecule has 1 aromatic heterocycles. The first-order valence-corrected chi connectivity index (χ1v) is 5.46. The van der Waals surface area contributed by atoms with Gasteiger partial charge in [-0.1, -0.05) is 0 Å². The van der Waals surface area contributed by atoms with Gasteiger partial charge in [0, 0.05) is 11.8 Å². The molecule has 1 amide bonds. The van der Waals surface area contributed by atoms with Crippen molar-refractivity contribution in [3.8, 4) is 0 Å². The van der Waals surface area contributed by atoms with E-state index in [4.69, 9.17) is 5.73 Å². The molecule has 6 heteroatoms. The fraction of sp³-hybridized carbons (Fsp3) is 0.0769. The first-order chi connectivity index (χ1) is 8.97. The second kappa shape index (κ2) is 5.01. The van der Waals surface area contributed by atoms with E-state index in [9.17, 15) is 13.6 Å². The molecule has 2 aromatic rings. The largest absolute Gasteiger partial charge is 0.397 e. The molecule has 0 radical (unpaired) electrons. The van der Waals surface area contributed by atoms with E-state index in [-0.39, 0.29) is 11.3 Å².